The lowest BCUT2D eigenvalue weighted by Crippen LogP contribution is -2.17. The van der Waals surface area contributed by atoms with E-state index in [0.717, 1.165) is 6.42 Å². The van der Waals surface area contributed by atoms with Crippen LogP contribution < -0.4 is 14.9 Å². The molecule has 7 heteroatoms. The number of ether oxygens (including phenoxy) is 2. The van der Waals surface area contributed by atoms with Gasteiger partial charge in [-0.25, -0.2) is 5.43 Å². The lowest BCUT2D eigenvalue weighted by atomic mass is 10.2. The van der Waals surface area contributed by atoms with Gasteiger partial charge in [-0.1, -0.05) is 30.7 Å². The minimum Gasteiger partial charge on any atom is -0.507 e. The summed E-state index contributed by atoms with van der Waals surface area (Å²) >= 11 is 6.29. The minimum absolute atomic E-state index is 0.00115. The lowest BCUT2D eigenvalue weighted by molar-refractivity contribution is 0.0952. The summed E-state index contributed by atoms with van der Waals surface area (Å²) in [4.78, 5) is 12.0. The maximum Gasteiger partial charge on any atom is 0.275 e. The molecule has 0 spiro atoms. The van der Waals surface area contributed by atoms with Crippen LogP contribution in [0.15, 0.2) is 41.5 Å². The van der Waals surface area contributed by atoms with Crippen LogP contribution in [0.5, 0.6) is 17.2 Å². The second-order valence-electron chi connectivity index (χ2n) is 5.59. The summed E-state index contributed by atoms with van der Waals surface area (Å²) in [5.41, 5.74) is 3.12. The maximum absolute atomic E-state index is 12.0. The van der Waals surface area contributed by atoms with Crippen molar-refractivity contribution in [3.05, 3.63) is 52.5 Å². The summed E-state index contributed by atoms with van der Waals surface area (Å²) in [7, 11) is 1.52. The number of methoxy groups -OCH3 is 1. The summed E-state index contributed by atoms with van der Waals surface area (Å²) in [5.74, 6) is 0.316. The molecular weight excluding hydrogens is 356 g/mol. The van der Waals surface area contributed by atoms with Crippen LogP contribution in [0.1, 0.15) is 36.2 Å². The summed E-state index contributed by atoms with van der Waals surface area (Å²) < 4.78 is 11.1. The number of halogens is 1. The van der Waals surface area contributed by atoms with Gasteiger partial charge in [0.05, 0.1) is 30.0 Å². The fourth-order valence-corrected chi connectivity index (χ4v) is 2.37. The van der Waals surface area contributed by atoms with Crippen molar-refractivity contribution >= 4 is 23.7 Å². The van der Waals surface area contributed by atoms with Gasteiger partial charge in [0.25, 0.3) is 5.91 Å². The first-order valence-corrected chi connectivity index (χ1v) is 8.49. The average Bonchev–Trinajstić information content (AvgIpc) is 2.63. The van der Waals surface area contributed by atoms with Crippen LogP contribution in [0.2, 0.25) is 5.02 Å². The number of hydrogen-bond acceptors (Lipinski definition) is 5. The van der Waals surface area contributed by atoms with Gasteiger partial charge in [-0.15, -0.1) is 0 Å². The van der Waals surface area contributed by atoms with Gasteiger partial charge in [0.15, 0.2) is 11.5 Å². The summed E-state index contributed by atoms with van der Waals surface area (Å²) in [6, 6.07) is 9.59. The van der Waals surface area contributed by atoms with Crippen molar-refractivity contribution in [2.75, 3.05) is 7.11 Å². The van der Waals surface area contributed by atoms with Crippen LogP contribution in [-0.2, 0) is 0 Å². The van der Waals surface area contributed by atoms with E-state index in [1.165, 1.54) is 25.5 Å². The van der Waals surface area contributed by atoms with Crippen LogP contribution in [-0.4, -0.2) is 30.4 Å². The van der Waals surface area contributed by atoms with E-state index in [-0.39, 0.29) is 17.4 Å². The average molecular weight is 377 g/mol. The van der Waals surface area contributed by atoms with Gasteiger partial charge in [0.2, 0.25) is 0 Å². The van der Waals surface area contributed by atoms with E-state index in [1.807, 2.05) is 13.8 Å². The Hall–Kier alpha value is -2.73. The highest BCUT2D eigenvalue weighted by atomic mass is 35.5. The van der Waals surface area contributed by atoms with Gasteiger partial charge >= 0.3 is 0 Å². The predicted octanol–water partition coefficient (Wildman–Crippen LogP) is 4.00. The zero-order chi connectivity index (χ0) is 19.1. The third kappa shape index (κ3) is 4.89. The highest BCUT2D eigenvalue weighted by Gasteiger charge is 2.14. The lowest BCUT2D eigenvalue weighted by Gasteiger charge is -2.17. The minimum atomic E-state index is -0.519. The van der Waals surface area contributed by atoms with E-state index in [9.17, 15) is 9.90 Å². The van der Waals surface area contributed by atoms with Gasteiger partial charge in [-0.3, -0.25) is 4.79 Å². The molecule has 0 fully saturated rings. The van der Waals surface area contributed by atoms with Crippen LogP contribution in [0, 0.1) is 0 Å². The summed E-state index contributed by atoms with van der Waals surface area (Å²) in [5, 5.41) is 13.9. The van der Waals surface area contributed by atoms with E-state index >= 15 is 0 Å². The molecule has 0 saturated heterocycles. The van der Waals surface area contributed by atoms with Crippen molar-refractivity contribution < 1.29 is 19.4 Å². The largest absolute Gasteiger partial charge is 0.507 e. The molecule has 1 unspecified atom stereocenters. The molecule has 0 aromatic heterocycles. The molecule has 0 heterocycles. The van der Waals surface area contributed by atoms with Gasteiger partial charge < -0.3 is 14.6 Å². The Labute approximate surface area is 157 Å². The number of amides is 1. The molecule has 2 N–H and O–H groups in total. The van der Waals surface area contributed by atoms with E-state index in [4.69, 9.17) is 21.1 Å². The first-order valence-electron chi connectivity index (χ1n) is 8.11. The highest BCUT2D eigenvalue weighted by Crippen LogP contribution is 2.37. The smallest absolute Gasteiger partial charge is 0.275 e. The molecule has 0 saturated carbocycles. The number of aromatic hydroxyl groups is 1. The van der Waals surface area contributed by atoms with E-state index < -0.39 is 5.91 Å². The molecule has 0 aliphatic rings. The molecule has 0 aliphatic carbocycles. The fourth-order valence-electron chi connectivity index (χ4n) is 2.10. The second kappa shape index (κ2) is 9.10. The Kier molecular flexibility index (Phi) is 6.86. The number of phenols is 1. The van der Waals surface area contributed by atoms with Crippen LogP contribution in [0.4, 0.5) is 0 Å². The fraction of sp³-hybridized carbons (Fsp3) is 0.263. The molecule has 1 amide bonds. The topological polar surface area (TPSA) is 80.2 Å². The van der Waals surface area contributed by atoms with Crippen molar-refractivity contribution in [1.29, 1.82) is 0 Å². The Balaban J connectivity index is 2.14. The van der Waals surface area contributed by atoms with Gasteiger partial charge in [-0.05, 0) is 43.2 Å². The third-order valence-corrected chi connectivity index (χ3v) is 3.95. The molecule has 6 nitrogen and oxygen atoms in total. The van der Waals surface area contributed by atoms with Crippen LogP contribution in [0.3, 0.4) is 0 Å². The zero-order valence-electron chi connectivity index (χ0n) is 14.8. The second-order valence-corrected chi connectivity index (χ2v) is 5.99. The molecule has 138 valence electrons. The number of phenolic OH excluding ortho intramolecular Hbond substituents is 1. The predicted molar refractivity (Wildman–Crippen MR) is 102 cm³/mol. The SMILES string of the molecule is CCC(C)Oc1c(Cl)cc(C=NNC(=O)c2ccccc2O)cc1OC. The van der Waals surface area contributed by atoms with Crippen molar-refractivity contribution in [3.63, 3.8) is 0 Å². The van der Waals surface area contributed by atoms with Crippen LogP contribution >= 0.6 is 11.6 Å². The normalized spacial score (nSPS) is 12.0. The number of benzene rings is 2. The number of hydrogen-bond donors (Lipinski definition) is 2. The van der Waals surface area contributed by atoms with Crippen molar-refractivity contribution in [1.82, 2.24) is 5.43 Å². The number of carbonyl (C=O) groups excluding carboxylic acids is 1. The molecule has 2 rings (SSSR count). The number of para-hydroxylation sites is 1. The zero-order valence-corrected chi connectivity index (χ0v) is 15.6. The molecular formula is C19H21ClN2O4. The number of rotatable bonds is 7. The van der Waals surface area contributed by atoms with Crippen molar-refractivity contribution in [3.8, 4) is 17.2 Å². The number of carbonyl (C=O) groups is 1. The Morgan fingerprint density at radius 1 is 1.38 bits per heavy atom. The Morgan fingerprint density at radius 3 is 2.77 bits per heavy atom. The van der Waals surface area contributed by atoms with Gasteiger partial charge in [-0.2, -0.15) is 5.10 Å². The highest BCUT2D eigenvalue weighted by molar-refractivity contribution is 6.32. The van der Waals surface area contributed by atoms with Gasteiger partial charge in [0.1, 0.15) is 5.75 Å². The molecule has 2 aromatic carbocycles. The quantitative estimate of drug-likeness (QED) is 0.565. The van der Waals surface area contributed by atoms with E-state index in [1.54, 1.807) is 24.3 Å². The Morgan fingerprint density at radius 2 is 2.12 bits per heavy atom. The maximum atomic E-state index is 12.0. The number of hydrazone groups is 1. The van der Waals surface area contributed by atoms with Gasteiger partial charge in [0, 0.05) is 0 Å². The first kappa shape index (κ1) is 19.6. The van der Waals surface area contributed by atoms with E-state index in [0.29, 0.717) is 22.1 Å². The molecule has 0 bridgehead atoms. The molecule has 1 atom stereocenters. The molecule has 0 radical (unpaired) electrons. The summed E-state index contributed by atoms with van der Waals surface area (Å²) in [6.45, 7) is 3.96. The number of nitrogens with zero attached hydrogens (tertiary/aromatic N) is 1. The number of nitrogens with one attached hydrogen (secondary N) is 1. The Bertz CT molecular complexity index is 808. The van der Waals surface area contributed by atoms with Crippen molar-refractivity contribution in [2.24, 2.45) is 5.10 Å². The monoisotopic (exact) mass is 376 g/mol. The van der Waals surface area contributed by atoms with E-state index in [2.05, 4.69) is 10.5 Å². The third-order valence-electron chi connectivity index (χ3n) is 3.67. The van der Waals surface area contributed by atoms with Crippen molar-refractivity contribution in [2.45, 2.75) is 26.4 Å². The standard InChI is InChI=1S/C19H21ClN2O4/c1-4-12(2)26-18-15(20)9-13(10-17(18)25-3)11-21-22-19(24)14-7-5-6-8-16(14)23/h5-12,23H,4H2,1-3H3,(H,22,24). The summed E-state index contributed by atoms with van der Waals surface area (Å²) in [6.07, 6.45) is 2.26. The van der Waals surface area contributed by atoms with Crippen LogP contribution in [0.25, 0.3) is 0 Å². The molecule has 0 aliphatic heterocycles. The molecule has 26 heavy (non-hydrogen) atoms. The molecule has 2 aromatic rings. The first-order chi connectivity index (χ1) is 12.5.